The predicted octanol–water partition coefficient (Wildman–Crippen LogP) is 2.23. The third-order valence-electron chi connectivity index (χ3n) is 2.85. The Kier molecular flexibility index (Phi) is 5.82. The lowest BCUT2D eigenvalue weighted by molar-refractivity contribution is -0.144. The van der Waals surface area contributed by atoms with Crippen LogP contribution < -0.4 is 10.6 Å². The van der Waals surface area contributed by atoms with Crippen LogP contribution in [-0.2, 0) is 11.2 Å². The van der Waals surface area contributed by atoms with Crippen LogP contribution in [0.4, 0.5) is 4.79 Å². The molecule has 0 fully saturated rings. The van der Waals surface area contributed by atoms with Crippen LogP contribution in [0.5, 0.6) is 0 Å². The van der Waals surface area contributed by atoms with Gasteiger partial charge in [-0.2, -0.15) is 0 Å². The Morgan fingerprint density at radius 3 is 2.74 bits per heavy atom. The molecule has 0 aromatic carbocycles. The topological polar surface area (TPSA) is 78.4 Å². The number of urea groups is 1. The highest BCUT2D eigenvalue weighted by atomic mass is 32.1. The summed E-state index contributed by atoms with van der Waals surface area (Å²) in [5, 5.41) is 16.3. The fourth-order valence-corrected chi connectivity index (χ4v) is 2.48. The molecule has 0 saturated carbocycles. The molecule has 106 valence electrons. The second-order valence-corrected chi connectivity index (χ2v) is 5.63. The first-order chi connectivity index (χ1) is 8.98. The van der Waals surface area contributed by atoms with Crippen LogP contribution in [0.2, 0.25) is 0 Å². The molecule has 1 unspecified atom stereocenters. The van der Waals surface area contributed by atoms with Gasteiger partial charge in [0.25, 0.3) is 0 Å². The monoisotopic (exact) mass is 284 g/mol. The van der Waals surface area contributed by atoms with Crippen molar-refractivity contribution in [2.75, 3.05) is 6.54 Å². The molecule has 1 aromatic heterocycles. The van der Waals surface area contributed by atoms with Crippen LogP contribution in [-0.4, -0.2) is 29.2 Å². The molecule has 5 nitrogen and oxygen atoms in total. The standard InChI is InChI=1S/C13H20N2O3S/c1-3-7-13(2,11(16)17)15-12(18)14-8-6-10-5-4-9-19-10/h4-5,9H,3,6-8H2,1-2H3,(H,16,17)(H2,14,15,18). The minimum absolute atomic E-state index is 0.403. The Hall–Kier alpha value is -1.56. The van der Waals surface area contributed by atoms with E-state index in [1.807, 2.05) is 24.4 Å². The van der Waals surface area contributed by atoms with Gasteiger partial charge < -0.3 is 15.7 Å². The summed E-state index contributed by atoms with van der Waals surface area (Å²) in [5.74, 6) is -1.01. The SMILES string of the molecule is CCCC(C)(NC(=O)NCCc1cccs1)C(=O)O. The number of amides is 2. The minimum atomic E-state index is -1.21. The van der Waals surface area contributed by atoms with Crippen molar-refractivity contribution in [1.29, 1.82) is 0 Å². The first-order valence-corrected chi connectivity index (χ1v) is 7.17. The van der Waals surface area contributed by atoms with Crippen LogP contribution >= 0.6 is 11.3 Å². The van der Waals surface area contributed by atoms with E-state index in [4.69, 9.17) is 5.11 Å². The highest BCUT2D eigenvalue weighted by molar-refractivity contribution is 7.09. The maximum atomic E-state index is 11.7. The molecule has 19 heavy (non-hydrogen) atoms. The van der Waals surface area contributed by atoms with Crippen molar-refractivity contribution < 1.29 is 14.7 Å². The summed E-state index contributed by atoms with van der Waals surface area (Å²) < 4.78 is 0. The van der Waals surface area contributed by atoms with E-state index in [9.17, 15) is 9.59 Å². The minimum Gasteiger partial charge on any atom is -0.480 e. The maximum Gasteiger partial charge on any atom is 0.329 e. The molecule has 0 spiro atoms. The number of thiophene rings is 1. The summed E-state index contributed by atoms with van der Waals surface area (Å²) >= 11 is 1.63. The van der Waals surface area contributed by atoms with Crippen molar-refractivity contribution in [2.45, 2.75) is 38.6 Å². The van der Waals surface area contributed by atoms with Gasteiger partial charge in [-0.25, -0.2) is 9.59 Å². The Morgan fingerprint density at radius 1 is 1.47 bits per heavy atom. The fourth-order valence-electron chi connectivity index (χ4n) is 1.77. The number of rotatable bonds is 7. The normalized spacial score (nSPS) is 13.6. The number of hydrogen-bond donors (Lipinski definition) is 3. The van der Waals surface area contributed by atoms with Gasteiger partial charge in [0.2, 0.25) is 0 Å². The number of aliphatic carboxylic acids is 1. The van der Waals surface area contributed by atoms with E-state index in [-0.39, 0.29) is 0 Å². The highest BCUT2D eigenvalue weighted by Gasteiger charge is 2.33. The molecule has 0 aliphatic carbocycles. The zero-order valence-corrected chi connectivity index (χ0v) is 12.0. The van der Waals surface area contributed by atoms with Crippen LogP contribution in [0.15, 0.2) is 17.5 Å². The summed E-state index contributed by atoms with van der Waals surface area (Å²) in [7, 11) is 0. The Morgan fingerprint density at radius 2 is 2.21 bits per heavy atom. The van der Waals surface area contributed by atoms with E-state index in [0.29, 0.717) is 19.4 Å². The van der Waals surface area contributed by atoms with Crippen LogP contribution in [0.1, 0.15) is 31.6 Å². The van der Waals surface area contributed by atoms with E-state index in [1.165, 1.54) is 11.8 Å². The van der Waals surface area contributed by atoms with Gasteiger partial charge in [-0.05, 0) is 31.2 Å². The Balaban J connectivity index is 2.38. The van der Waals surface area contributed by atoms with Gasteiger partial charge in [0.15, 0.2) is 0 Å². The van der Waals surface area contributed by atoms with Gasteiger partial charge in [0.05, 0.1) is 0 Å². The Labute approximate surface area is 117 Å². The van der Waals surface area contributed by atoms with Gasteiger partial charge >= 0.3 is 12.0 Å². The smallest absolute Gasteiger partial charge is 0.329 e. The number of carboxylic acid groups (broad SMARTS) is 1. The summed E-state index contributed by atoms with van der Waals surface area (Å²) in [4.78, 5) is 24.0. The van der Waals surface area contributed by atoms with Crippen LogP contribution in [0, 0.1) is 0 Å². The molecular weight excluding hydrogens is 264 g/mol. The molecule has 0 aliphatic heterocycles. The zero-order valence-electron chi connectivity index (χ0n) is 11.2. The summed E-state index contributed by atoms with van der Waals surface area (Å²) in [6, 6.07) is 3.53. The van der Waals surface area contributed by atoms with E-state index in [0.717, 1.165) is 6.42 Å². The van der Waals surface area contributed by atoms with E-state index < -0.39 is 17.5 Å². The van der Waals surface area contributed by atoms with Crippen LogP contribution in [0.3, 0.4) is 0 Å². The second-order valence-electron chi connectivity index (χ2n) is 4.60. The number of nitrogens with one attached hydrogen (secondary N) is 2. The molecule has 1 heterocycles. The first-order valence-electron chi connectivity index (χ1n) is 6.29. The van der Waals surface area contributed by atoms with E-state index in [1.54, 1.807) is 11.3 Å². The van der Waals surface area contributed by atoms with Crippen molar-refractivity contribution >= 4 is 23.3 Å². The van der Waals surface area contributed by atoms with Crippen molar-refractivity contribution in [3.63, 3.8) is 0 Å². The average Bonchev–Trinajstić information content (AvgIpc) is 2.82. The van der Waals surface area contributed by atoms with E-state index in [2.05, 4.69) is 10.6 Å². The van der Waals surface area contributed by atoms with Gasteiger partial charge in [-0.3, -0.25) is 0 Å². The van der Waals surface area contributed by atoms with E-state index >= 15 is 0 Å². The summed E-state index contributed by atoms with van der Waals surface area (Å²) in [6.45, 7) is 3.91. The predicted molar refractivity (Wildman–Crippen MR) is 75.5 cm³/mol. The molecule has 1 aromatic rings. The lowest BCUT2D eigenvalue weighted by atomic mass is 9.97. The summed E-state index contributed by atoms with van der Waals surface area (Å²) in [6.07, 6.45) is 1.85. The number of carboxylic acids is 1. The van der Waals surface area contributed by atoms with Crippen molar-refractivity contribution in [3.8, 4) is 0 Å². The molecule has 0 aliphatic rings. The van der Waals surface area contributed by atoms with Crippen LogP contribution in [0.25, 0.3) is 0 Å². The summed E-state index contributed by atoms with van der Waals surface area (Å²) in [5.41, 5.74) is -1.21. The third-order valence-corrected chi connectivity index (χ3v) is 3.78. The van der Waals surface area contributed by atoms with Gasteiger partial charge in [0, 0.05) is 11.4 Å². The molecule has 0 bridgehead atoms. The molecule has 1 atom stereocenters. The lowest BCUT2D eigenvalue weighted by Gasteiger charge is -2.25. The largest absolute Gasteiger partial charge is 0.480 e. The highest BCUT2D eigenvalue weighted by Crippen LogP contribution is 2.12. The third kappa shape index (κ3) is 4.90. The molecule has 0 radical (unpaired) electrons. The molecular formula is C13H20N2O3S. The van der Waals surface area contributed by atoms with Gasteiger partial charge in [-0.1, -0.05) is 19.4 Å². The fraction of sp³-hybridized carbons (Fsp3) is 0.538. The number of carbonyl (C=O) groups is 2. The first kappa shape index (κ1) is 15.5. The Bertz CT molecular complexity index is 420. The number of carbonyl (C=O) groups excluding carboxylic acids is 1. The van der Waals surface area contributed by atoms with Gasteiger partial charge in [0.1, 0.15) is 5.54 Å². The number of hydrogen-bond acceptors (Lipinski definition) is 3. The second kappa shape index (κ2) is 7.13. The molecule has 6 heteroatoms. The molecule has 1 rings (SSSR count). The molecule has 0 saturated heterocycles. The quantitative estimate of drug-likeness (QED) is 0.718. The molecule has 3 N–H and O–H groups in total. The van der Waals surface area contributed by atoms with Crippen molar-refractivity contribution in [3.05, 3.63) is 22.4 Å². The molecule has 2 amide bonds. The van der Waals surface area contributed by atoms with Crippen molar-refractivity contribution in [2.24, 2.45) is 0 Å². The zero-order chi connectivity index (χ0) is 14.3. The van der Waals surface area contributed by atoms with Gasteiger partial charge in [-0.15, -0.1) is 11.3 Å². The lowest BCUT2D eigenvalue weighted by Crippen LogP contribution is -2.55. The van der Waals surface area contributed by atoms with Crippen molar-refractivity contribution in [1.82, 2.24) is 10.6 Å². The maximum absolute atomic E-state index is 11.7. The average molecular weight is 284 g/mol.